The lowest BCUT2D eigenvalue weighted by Gasteiger charge is -2.11. The van der Waals surface area contributed by atoms with Gasteiger partial charge in [-0.3, -0.25) is 9.78 Å². The van der Waals surface area contributed by atoms with Crippen molar-refractivity contribution in [3.63, 3.8) is 0 Å². The van der Waals surface area contributed by atoms with Crippen molar-refractivity contribution in [1.82, 2.24) is 4.98 Å². The van der Waals surface area contributed by atoms with Crippen molar-refractivity contribution >= 4 is 16.6 Å². The molecule has 0 spiro atoms. The average Bonchev–Trinajstić information content (AvgIpc) is 2.62. The van der Waals surface area contributed by atoms with Crippen molar-refractivity contribution < 1.29 is 14.3 Å². The van der Waals surface area contributed by atoms with Crippen molar-refractivity contribution in [2.75, 3.05) is 14.2 Å². The number of nitrogens with zero attached hydrogens (tertiary/aromatic N) is 1. The fourth-order valence-corrected chi connectivity index (χ4v) is 2.92. The first-order chi connectivity index (χ1) is 12.1. The largest absolute Gasteiger partial charge is 0.380 e. The molecule has 25 heavy (non-hydrogen) atoms. The van der Waals surface area contributed by atoms with Crippen LogP contribution in [0.15, 0.2) is 48.7 Å². The van der Waals surface area contributed by atoms with Crippen LogP contribution < -0.4 is 0 Å². The number of ketones is 1. The Balaban J connectivity index is 2.08. The molecule has 0 amide bonds. The molecule has 3 aromatic rings. The molecular formula is C21H21NO3. The number of Topliss-reactive ketones (excluding diaryl/α,β-unsaturated/α-hetero) is 1. The van der Waals surface area contributed by atoms with Crippen LogP contribution in [0.1, 0.15) is 28.4 Å². The number of benzene rings is 2. The molecule has 0 saturated heterocycles. The van der Waals surface area contributed by atoms with Gasteiger partial charge >= 0.3 is 0 Å². The van der Waals surface area contributed by atoms with Gasteiger partial charge in [0.25, 0.3) is 0 Å². The third-order valence-electron chi connectivity index (χ3n) is 4.20. The van der Waals surface area contributed by atoms with E-state index in [1.165, 1.54) is 0 Å². The smallest absolute Gasteiger partial charge is 0.159 e. The van der Waals surface area contributed by atoms with Crippen molar-refractivity contribution in [2.45, 2.75) is 20.1 Å². The SMILES string of the molecule is COCc1cc2cnc(-c3cccc(C(C)=O)c3)cc2cc1COC. The maximum Gasteiger partial charge on any atom is 0.159 e. The van der Waals surface area contributed by atoms with E-state index in [-0.39, 0.29) is 5.78 Å². The summed E-state index contributed by atoms with van der Waals surface area (Å²) in [5.41, 5.74) is 4.67. The normalized spacial score (nSPS) is 11.0. The van der Waals surface area contributed by atoms with Crippen LogP contribution in [0.5, 0.6) is 0 Å². The highest BCUT2D eigenvalue weighted by atomic mass is 16.5. The van der Waals surface area contributed by atoms with Crippen LogP contribution in [0, 0.1) is 0 Å². The van der Waals surface area contributed by atoms with E-state index in [2.05, 4.69) is 17.1 Å². The second-order valence-corrected chi connectivity index (χ2v) is 6.04. The molecule has 0 N–H and O–H groups in total. The van der Waals surface area contributed by atoms with Gasteiger partial charge in [0.05, 0.1) is 18.9 Å². The van der Waals surface area contributed by atoms with Gasteiger partial charge in [-0.05, 0) is 47.7 Å². The van der Waals surface area contributed by atoms with Gasteiger partial charge in [-0.1, -0.05) is 18.2 Å². The molecule has 128 valence electrons. The molecule has 2 aromatic carbocycles. The summed E-state index contributed by atoms with van der Waals surface area (Å²) in [7, 11) is 3.37. The van der Waals surface area contributed by atoms with Gasteiger partial charge in [-0.25, -0.2) is 0 Å². The summed E-state index contributed by atoms with van der Waals surface area (Å²) in [6, 6.07) is 13.8. The lowest BCUT2D eigenvalue weighted by atomic mass is 10.00. The van der Waals surface area contributed by atoms with Crippen LogP contribution in [0.25, 0.3) is 22.0 Å². The van der Waals surface area contributed by atoms with Gasteiger partial charge in [0, 0.05) is 36.9 Å². The summed E-state index contributed by atoms with van der Waals surface area (Å²) in [6.07, 6.45) is 1.86. The Bertz CT molecular complexity index is 918. The minimum Gasteiger partial charge on any atom is -0.380 e. The molecule has 0 aliphatic rings. The Hall–Kier alpha value is -2.56. The third kappa shape index (κ3) is 3.76. The number of methoxy groups -OCH3 is 2. The molecule has 1 aromatic heterocycles. The molecule has 0 aliphatic heterocycles. The first kappa shape index (κ1) is 17.3. The number of carbonyl (C=O) groups excluding carboxylic acids is 1. The zero-order valence-electron chi connectivity index (χ0n) is 14.7. The van der Waals surface area contributed by atoms with Crippen LogP contribution in [0.4, 0.5) is 0 Å². The molecule has 1 heterocycles. The second kappa shape index (κ2) is 7.55. The molecular weight excluding hydrogens is 314 g/mol. The maximum atomic E-state index is 11.6. The number of aromatic nitrogens is 1. The molecule has 0 bridgehead atoms. The first-order valence-corrected chi connectivity index (χ1v) is 8.13. The van der Waals surface area contributed by atoms with Crippen LogP contribution in [0.3, 0.4) is 0 Å². The van der Waals surface area contributed by atoms with Crippen molar-refractivity contribution in [1.29, 1.82) is 0 Å². The highest BCUT2D eigenvalue weighted by Gasteiger charge is 2.09. The summed E-state index contributed by atoms with van der Waals surface area (Å²) in [5, 5.41) is 2.14. The minimum absolute atomic E-state index is 0.0502. The molecule has 0 radical (unpaired) electrons. The highest BCUT2D eigenvalue weighted by molar-refractivity contribution is 5.95. The molecule has 0 saturated carbocycles. The Kier molecular flexibility index (Phi) is 5.22. The molecule has 4 heteroatoms. The first-order valence-electron chi connectivity index (χ1n) is 8.13. The summed E-state index contributed by atoms with van der Waals surface area (Å²) in [6.45, 7) is 2.64. The van der Waals surface area contributed by atoms with Crippen LogP contribution in [0.2, 0.25) is 0 Å². The van der Waals surface area contributed by atoms with Gasteiger partial charge in [-0.15, -0.1) is 0 Å². The fourth-order valence-electron chi connectivity index (χ4n) is 2.92. The van der Waals surface area contributed by atoms with Crippen LogP contribution >= 0.6 is 0 Å². The molecule has 0 atom stereocenters. The van der Waals surface area contributed by atoms with E-state index in [4.69, 9.17) is 9.47 Å². The summed E-state index contributed by atoms with van der Waals surface area (Å²) < 4.78 is 10.6. The Labute approximate surface area is 147 Å². The lowest BCUT2D eigenvalue weighted by molar-refractivity contribution is 0.101. The molecule has 0 unspecified atom stereocenters. The minimum atomic E-state index is 0.0502. The lowest BCUT2D eigenvalue weighted by Crippen LogP contribution is -1.98. The van der Waals surface area contributed by atoms with E-state index in [1.54, 1.807) is 21.1 Å². The van der Waals surface area contributed by atoms with Crippen molar-refractivity contribution in [2.24, 2.45) is 0 Å². The van der Waals surface area contributed by atoms with Gasteiger partial charge < -0.3 is 9.47 Å². The predicted molar refractivity (Wildman–Crippen MR) is 98.6 cm³/mol. The number of ether oxygens (including phenoxy) is 2. The number of carbonyl (C=O) groups is 1. The average molecular weight is 335 g/mol. The molecule has 0 aliphatic carbocycles. The van der Waals surface area contributed by atoms with E-state index in [0.29, 0.717) is 18.8 Å². The van der Waals surface area contributed by atoms with E-state index in [0.717, 1.165) is 33.2 Å². The number of hydrogen-bond donors (Lipinski definition) is 0. The third-order valence-corrected chi connectivity index (χ3v) is 4.20. The molecule has 3 rings (SSSR count). The topological polar surface area (TPSA) is 48.4 Å². The highest BCUT2D eigenvalue weighted by Crippen LogP contribution is 2.26. The maximum absolute atomic E-state index is 11.6. The zero-order chi connectivity index (χ0) is 17.8. The Morgan fingerprint density at radius 2 is 1.64 bits per heavy atom. The predicted octanol–water partition coefficient (Wildman–Crippen LogP) is 4.40. The summed E-state index contributed by atoms with van der Waals surface area (Å²) in [5.74, 6) is 0.0502. The molecule has 4 nitrogen and oxygen atoms in total. The van der Waals surface area contributed by atoms with E-state index < -0.39 is 0 Å². The van der Waals surface area contributed by atoms with E-state index >= 15 is 0 Å². The van der Waals surface area contributed by atoms with E-state index in [1.807, 2.05) is 36.5 Å². The summed E-state index contributed by atoms with van der Waals surface area (Å²) in [4.78, 5) is 16.2. The van der Waals surface area contributed by atoms with Gasteiger partial charge in [0.15, 0.2) is 5.78 Å². The van der Waals surface area contributed by atoms with Gasteiger partial charge in [0.1, 0.15) is 0 Å². The van der Waals surface area contributed by atoms with Crippen molar-refractivity contribution in [3.05, 3.63) is 65.4 Å². The van der Waals surface area contributed by atoms with Crippen molar-refractivity contribution in [3.8, 4) is 11.3 Å². The van der Waals surface area contributed by atoms with E-state index in [9.17, 15) is 4.79 Å². The monoisotopic (exact) mass is 335 g/mol. The number of rotatable bonds is 6. The van der Waals surface area contributed by atoms with Crippen LogP contribution in [-0.2, 0) is 22.7 Å². The van der Waals surface area contributed by atoms with Crippen LogP contribution in [-0.4, -0.2) is 25.0 Å². The number of pyridine rings is 1. The molecule has 0 fully saturated rings. The number of hydrogen-bond acceptors (Lipinski definition) is 4. The standard InChI is InChI=1S/C21H21NO3/c1-14(23)15-5-4-6-16(7-15)21-10-17-8-19(12-24-2)20(13-25-3)9-18(17)11-22-21/h4-11H,12-13H2,1-3H3. The Morgan fingerprint density at radius 3 is 2.28 bits per heavy atom. The zero-order valence-corrected chi connectivity index (χ0v) is 14.7. The fraction of sp³-hybridized carbons (Fsp3) is 0.238. The number of fused-ring (bicyclic) bond motifs is 1. The summed E-state index contributed by atoms with van der Waals surface area (Å²) >= 11 is 0. The Morgan fingerprint density at radius 1 is 0.960 bits per heavy atom. The quantitative estimate of drug-likeness (QED) is 0.627. The second-order valence-electron chi connectivity index (χ2n) is 6.04. The van der Waals surface area contributed by atoms with Gasteiger partial charge in [0.2, 0.25) is 0 Å². The van der Waals surface area contributed by atoms with Gasteiger partial charge in [-0.2, -0.15) is 0 Å².